The highest BCUT2D eigenvalue weighted by Crippen LogP contribution is 2.29. The van der Waals surface area contributed by atoms with E-state index in [-0.39, 0.29) is 29.3 Å². The molecule has 32 heavy (non-hydrogen) atoms. The highest BCUT2D eigenvalue weighted by Gasteiger charge is 2.39. The minimum absolute atomic E-state index is 0.00479. The molecule has 1 aromatic carbocycles. The average molecular weight is 440 g/mol. The molecule has 4 rings (SSSR count). The number of nitrogens with two attached hydrogens (primary N) is 1. The van der Waals surface area contributed by atoms with Gasteiger partial charge in [0.15, 0.2) is 5.78 Å². The van der Waals surface area contributed by atoms with Crippen molar-refractivity contribution in [3.05, 3.63) is 36.0 Å². The lowest BCUT2D eigenvalue weighted by atomic mass is 9.94. The van der Waals surface area contributed by atoms with Crippen LogP contribution in [0.2, 0.25) is 0 Å². The molecule has 2 fully saturated rings. The number of aromatic nitrogens is 2. The zero-order valence-corrected chi connectivity index (χ0v) is 18.5. The number of likely N-dealkylation sites (tertiary alicyclic amines) is 2. The van der Waals surface area contributed by atoms with Crippen LogP contribution >= 0.6 is 0 Å². The van der Waals surface area contributed by atoms with Crippen molar-refractivity contribution in [3.8, 4) is 11.4 Å². The minimum Gasteiger partial charge on any atom is -0.497 e. The number of nitrogen functional groups attached to an aromatic ring is 1. The third-order valence-electron chi connectivity index (χ3n) is 6.52. The quantitative estimate of drug-likeness (QED) is 0.713. The number of ether oxygens (including phenoxy) is 1. The second-order valence-electron chi connectivity index (χ2n) is 8.39. The van der Waals surface area contributed by atoms with E-state index in [4.69, 9.17) is 10.5 Å². The molecule has 0 bridgehead atoms. The number of amides is 2. The van der Waals surface area contributed by atoms with E-state index >= 15 is 0 Å². The summed E-state index contributed by atoms with van der Waals surface area (Å²) in [5, 5.41) is 4.31. The van der Waals surface area contributed by atoms with Crippen molar-refractivity contribution >= 4 is 23.4 Å². The van der Waals surface area contributed by atoms with Gasteiger partial charge in [-0.05, 0) is 49.9 Å². The van der Waals surface area contributed by atoms with Crippen molar-refractivity contribution in [3.63, 3.8) is 0 Å². The van der Waals surface area contributed by atoms with Crippen LogP contribution in [0.3, 0.4) is 0 Å². The van der Waals surface area contributed by atoms with E-state index in [1.165, 1.54) is 10.9 Å². The predicted molar refractivity (Wildman–Crippen MR) is 119 cm³/mol. The van der Waals surface area contributed by atoms with Crippen LogP contribution < -0.4 is 10.5 Å². The molecule has 2 N–H and O–H groups in total. The number of hydrogen-bond acceptors (Lipinski definition) is 6. The predicted octanol–water partition coefficient (Wildman–Crippen LogP) is 1.90. The third kappa shape index (κ3) is 4.06. The van der Waals surface area contributed by atoms with Crippen molar-refractivity contribution in [2.75, 3.05) is 32.5 Å². The Bertz CT molecular complexity index is 1010. The molecule has 0 spiro atoms. The van der Waals surface area contributed by atoms with Crippen molar-refractivity contribution in [1.82, 2.24) is 19.6 Å². The standard InChI is InChI=1S/C23H29N5O4/c1-15(29)26-12-9-16(10-13-26)23(31)27-11-3-4-20(27)21(30)19-14-25-28(22(19)24)17-5-7-18(32-2)8-6-17/h5-8,14,16,20H,3-4,9-13,24H2,1-2H3/t20-/m1/s1. The molecular weight excluding hydrogens is 410 g/mol. The number of hydrogen-bond donors (Lipinski definition) is 1. The number of piperidine rings is 1. The molecule has 1 atom stereocenters. The Kier molecular flexibility index (Phi) is 6.16. The van der Waals surface area contributed by atoms with Gasteiger partial charge in [-0.3, -0.25) is 14.4 Å². The third-order valence-corrected chi connectivity index (χ3v) is 6.52. The summed E-state index contributed by atoms with van der Waals surface area (Å²) >= 11 is 0. The van der Waals surface area contributed by atoms with E-state index in [1.807, 2.05) is 12.1 Å². The molecule has 2 amide bonds. The molecule has 170 valence electrons. The van der Waals surface area contributed by atoms with Gasteiger partial charge in [0.05, 0.1) is 30.6 Å². The maximum absolute atomic E-state index is 13.4. The lowest BCUT2D eigenvalue weighted by molar-refractivity contribution is -0.140. The smallest absolute Gasteiger partial charge is 0.226 e. The van der Waals surface area contributed by atoms with Crippen molar-refractivity contribution in [2.45, 2.75) is 38.6 Å². The Morgan fingerprint density at radius 1 is 1.06 bits per heavy atom. The van der Waals surface area contributed by atoms with Crippen LogP contribution in [0.15, 0.2) is 30.5 Å². The summed E-state index contributed by atoms with van der Waals surface area (Å²) in [7, 11) is 1.59. The number of ketones is 1. The van der Waals surface area contributed by atoms with Gasteiger partial charge in [-0.1, -0.05) is 0 Å². The van der Waals surface area contributed by atoms with Gasteiger partial charge >= 0.3 is 0 Å². The molecule has 2 saturated heterocycles. The lowest BCUT2D eigenvalue weighted by Crippen LogP contribution is -2.47. The van der Waals surface area contributed by atoms with Crippen LogP contribution in [0.1, 0.15) is 43.0 Å². The van der Waals surface area contributed by atoms with E-state index in [0.29, 0.717) is 50.2 Å². The molecule has 0 saturated carbocycles. The highest BCUT2D eigenvalue weighted by molar-refractivity contribution is 6.05. The fourth-order valence-electron chi connectivity index (χ4n) is 4.64. The molecule has 0 radical (unpaired) electrons. The van der Waals surface area contributed by atoms with Crippen molar-refractivity contribution in [2.24, 2.45) is 5.92 Å². The molecule has 3 heterocycles. The van der Waals surface area contributed by atoms with E-state index in [0.717, 1.165) is 12.1 Å². The molecule has 1 aromatic heterocycles. The molecular formula is C23H29N5O4. The van der Waals surface area contributed by atoms with Crippen molar-refractivity contribution in [1.29, 1.82) is 0 Å². The number of carbonyl (C=O) groups excluding carboxylic acids is 3. The lowest BCUT2D eigenvalue weighted by Gasteiger charge is -2.34. The van der Waals surface area contributed by atoms with Gasteiger partial charge in [-0.15, -0.1) is 0 Å². The average Bonchev–Trinajstić information content (AvgIpc) is 3.45. The van der Waals surface area contributed by atoms with E-state index in [2.05, 4.69) is 5.10 Å². The summed E-state index contributed by atoms with van der Waals surface area (Å²) < 4.78 is 6.70. The summed E-state index contributed by atoms with van der Waals surface area (Å²) in [6, 6.07) is 6.70. The fourth-order valence-corrected chi connectivity index (χ4v) is 4.64. The van der Waals surface area contributed by atoms with Gasteiger partial charge in [-0.25, -0.2) is 4.68 Å². The second kappa shape index (κ2) is 9.02. The Balaban J connectivity index is 1.48. The molecule has 2 aromatic rings. The Hall–Kier alpha value is -3.36. The maximum atomic E-state index is 13.4. The normalized spacial score (nSPS) is 19.2. The summed E-state index contributed by atoms with van der Waals surface area (Å²) in [5.41, 5.74) is 7.34. The van der Waals surface area contributed by atoms with Crippen LogP contribution in [0, 0.1) is 5.92 Å². The van der Waals surface area contributed by atoms with Crippen molar-refractivity contribution < 1.29 is 19.1 Å². The molecule has 0 aliphatic carbocycles. The number of rotatable bonds is 5. The van der Waals surface area contributed by atoms with Gasteiger partial charge in [0, 0.05) is 32.5 Å². The van der Waals surface area contributed by atoms with Crippen LogP contribution in [-0.2, 0) is 9.59 Å². The first-order valence-electron chi connectivity index (χ1n) is 11.0. The first-order valence-corrected chi connectivity index (χ1v) is 11.0. The van der Waals surface area contributed by atoms with E-state index in [1.54, 1.807) is 36.0 Å². The van der Waals surface area contributed by atoms with Crippen LogP contribution in [-0.4, -0.2) is 70.0 Å². The van der Waals surface area contributed by atoms with E-state index < -0.39 is 6.04 Å². The molecule has 2 aliphatic heterocycles. The number of carbonyl (C=O) groups is 3. The van der Waals surface area contributed by atoms with Gasteiger partial charge in [0.2, 0.25) is 11.8 Å². The van der Waals surface area contributed by atoms with E-state index in [9.17, 15) is 14.4 Å². The number of Topliss-reactive ketones (excluding diaryl/α,β-unsaturated/α-hetero) is 1. The number of anilines is 1. The SMILES string of the molecule is COc1ccc(-n2ncc(C(=O)[C@H]3CCCN3C(=O)C3CCN(C(C)=O)CC3)c2N)cc1. The number of benzene rings is 1. The topological polar surface area (TPSA) is 111 Å². The molecule has 9 heteroatoms. The van der Waals surface area contributed by atoms with Gasteiger partial charge in [-0.2, -0.15) is 5.10 Å². The summed E-state index contributed by atoms with van der Waals surface area (Å²) in [5.74, 6) is 0.687. The Labute approximate surface area is 187 Å². The zero-order valence-electron chi connectivity index (χ0n) is 18.5. The largest absolute Gasteiger partial charge is 0.497 e. The maximum Gasteiger partial charge on any atom is 0.226 e. The second-order valence-corrected chi connectivity index (χ2v) is 8.39. The van der Waals surface area contributed by atoms with Gasteiger partial charge in [0.1, 0.15) is 11.6 Å². The highest BCUT2D eigenvalue weighted by atomic mass is 16.5. The Morgan fingerprint density at radius 2 is 1.75 bits per heavy atom. The summed E-state index contributed by atoms with van der Waals surface area (Å²) in [4.78, 5) is 41.6. The van der Waals surface area contributed by atoms with Gasteiger partial charge < -0.3 is 20.3 Å². The van der Waals surface area contributed by atoms with Gasteiger partial charge in [0.25, 0.3) is 0 Å². The minimum atomic E-state index is -0.524. The molecule has 0 unspecified atom stereocenters. The number of nitrogens with zero attached hydrogens (tertiary/aromatic N) is 4. The summed E-state index contributed by atoms with van der Waals surface area (Å²) in [6.45, 7) is 3.28. The first-order chi connectivity index (χ1) is 15.4. The van der Waals surface area contributed by atoms with Crippen LogP contribution in [0.5, 0.6) is 5.75 Å². The first kappa shape index (κ1) is 21.9. The monoisotopic (exact) mass is 439 g/mol. The fraction of sp³-hybridized carbons (Fsp3) is 0.478. The zero-order chi connectivity index (χ0) is 22.8. The summed E-state index contributed by atoms with van der Waals surface area (Å²) in [6.07, 6.45) is 4.14. The van der Waals surface area contributed by atoms with Crippen LogP contribution in [0.4, 0.5) is 5.82 Å². The van der Waals surface area contributed by atoms with Crippen LogP contribution in [0.25, 0.3) is 5.69 Å². The molecule has 9 nitrogen and oxygen atoms in total. The molecule has 2 aliphatic rings. The number of methoxy groups -OCH3 is 1. The Morgan fingerprint density at radius 3 is 2.38 bits per heavy atom.